The maximum atomic E-state index is 12.9. The molecular formula is C9H10FN5. The van der Waals surface area contributed by atoms with E-state index in [1.54, 1.807) is 0 Å². The summed E-state index contributed by atoms with van der Waals surface area (Å²) in [6, 6.07) is 1.89. The predicted molar refractivity (Wildman–Crippen MR) is 54.5 cm³/mol. The number of nitrogens with two attached hydrogens (primary N) is 1. The van der Waals surface area contributed by atoms with Crippen molar-refractivity contribution in [1.29, 1.82) is 5.26 Å². The van der Waals surface area contributed by atoms with E-state index in [4.69, 9.17) is 11.0 Å². The molecule has 0 spiro atoms. The molecule has 0 saturated carbocycles. The maximum absolute atomic E-state index is 12.9. The Bertz CT molecular complexity index is 407. The van der Waals surface area contributed by atoms with Gasteiger partial charge in [0.1, 0.15) is 11.8 Å². The standard InChI is InChI=1S/C9H10FN5/c1-6(12)9(10)5-13-8-2-7(3-11)15-14-4-8/h2,4-5,14-15H,12H2,1H3. The van der Waals surface area contributed by atoms with Crippen LogP contribution < -0.4 is 16.6 Å². The fourth-order valence-electron chi connectivity index (χ4n) is 0.781. The van der Waals surface area contributed by atoms with Gasteiger partial charge < -0.3 is 11.2 Å². The minimum Gasteiger partial charge on any atom is -0.400 e. The minimum atomic E-state index is -0.596. The van der Waals surface area contributed by atoms with Gasteiger partial charge in [-0.15, -0.1) is 0 Å². The molecule has 0 amide bonds. The molecule has 0 aliphatic carbocycles. The molecule has 78 valence electrons. The normalized spacial score (nSPS) is 16.9. The van der Waals surface area contributed by atoms with E-state index >= 15 is 0 Å². The van der Waals surface area contributed by atoms with Crippen LogP contribution in [0.4, 0.5) is 4.39 Å². The van der Waals surface area contributed by atoms with Crippen LogP contribution >= 0.6 is 0 Å². The lowest BCUT2D eigenvalue weighted by atomic mass is 10.3. The number of halogens is 1. The van der Waals surface area contributed by atoms with Crippen molar-refractivity contribution in [2.45, 2.75) is 6.92 Å². The van der Waals surface area contributed by atoms with E-state index in [1.165, 1.54) is 19.2 Å². The Morgan fingerprint density at radius 3 is 3.07 bits per heavy atom. The lowest BCUT2D eigenvalue weighted by molar-refractivity contribution is 0.671. The number of nitrogens with one attached hydrogen (secondary N) is 2. The second-order valence-corrected chi connectivity index (χ2v) is 2.80. The van der Waals surface area contributed by atoms with Crippen molar-refractivity contribution < 1.29 is 4.39 Å². The first-order valence-corrected chi connectivity index (χ1v) is 4.13. The molecule has 0 radical (unpaired) electrons. The van der Waals surface area contributed by atoms with Crippen molar-refractivity contribution in [3.63, 3.8) is 0 Å². The molecule has 6 heteroatoms. The van der Waals surface area contributed by atoms with Crippen LogP contribution in [-0.2, 0) is 0 Å². The molecule has 0 fully saturated rings. The molecule has 0 aromatic carbocycles. The SMILES string of the molecule is CC(N)=C(F)C=NC1=CNNC(C#N)=C1. The molecule has 0 unspecified atom stereocenters. The van der Waals surface area contributed by atoms with Crippen molar-refractivity contribution in [2.24, 2.45) is 10.7 Å². The maximum Gasteiger partial charge on any atom is 0.159 e. The van der Waals surface area contributed by atoms with E-state index in [2.05, 4.69) is 15.8 Å². The number of allylic oxidation sites excluding steroid dienone is 4. The lowest BCUT2D eigenvalue weighted by Gasteiger charge is -2.09. The Hall–Kier alpha value is -2.29. The van der Waals surface area contributed by atoms with Crippen LogP contribution in [0.25, 0.3) is 0 Å². The van der Waals surface area contributed by atoms with Gasteiger partial charge in [-0.25, -0.2) is 4.39 Å². The Balaban J connectivity index is 2.77. The number of hydrogen-bond donors (Lipinski definition) is 3. The summed E-state index contributed by atoms with van der Waals surface area (Å²) in [5, 5.41) is 8.57. The fourth-order valence-corrected chi connectivity index (χ4v) is 0.781. The van der Waals surface area contributed by atoms with Crippen LogP contribution in [0.1, 0.15) is 6.92 Å². The van der Waals surface area contributed by atoms with Gasteiger partial charge in [-0.3, -0.25) is 10.4 Å². The fraction of sp³-hybridized carbons (Fsp3) is 0.111. The molecule has 1 heterocycles. The third kappa shape index (κ3) is 3.15. The Labute approximate surface area is 86.4 Å². The molecule has 0 saturated heterocycles. The van der Waals surface area contributed by atoms with Crippen molar-refractivity contribution in [3.8, 4) is 6.07 Å². The molecule has 15 heavy (non-hydrogen) atoms. The zero-order valence-electron chi connectivity index (χ0n) is 8.08. The smallest absolute Gasteiger partial charge is 0.159 e. The van der Waals surface area contributed by atoms with Crippen molar-refractivity contribution in [3.05, 3.63) is 35.2 Å². The number of hydrogen-bond acceptors (Lipinski definition) is 5. The lowest BCUT2D eigenvalue weighted by Crippen LogP contribution is -2.28. The Kier molecular flexibility index (Phi) is 3.46. The van der Waals surface area contributed by atoms with Gasteiger partial charge in [-0.2, -0.15) is 5.26 Å². The molecule has 1 aliphatic rings. The van der Waals surface area contributed by atoms with E-state index < -0.39 is 5.83 Å². The van der Waals surface area contributed by atoms with Crippen LogP contribution in [0, 0.1) is 11.3 Å². The highest BCUT2D eigenvalue weighted by Gasteiger charge is 2.01. The number of nitriles is 1. The highest BCUT2D eigenvalue weighted by Crippen LogP contribution is 2.05. The number of nitrogens with zero attached hydrogens (tertiary/aromatic N) is 2. The average Bonchev–Trinajstić information content (AvgIpc) is 2.26. The minimum absolute atomic E-state index is 0.0609. The summed E-state index contributed by atoms with van der Waals surface area (Å²) >= 11 is 0. The van der Waals surface area contributed by atoms with Crippen LogP contribution in [0.3, 0.4) is 0 Å². The zero-order valence-corrected chi connectivity index (χ0v) is 8.08. The van der Waals surface area contributed by atoms with Crippen molar-refractivity contribution in [1.82, 2.24) is 10.9 Å². The number of hydrazine groups is 1. The second kappa shape index (κ2) is 4.81. The Morgan fingerprint density at radius 1 is 1.73 bits per heavy atom. The first kappa shape index (κ1) is 10.8. The van der Waals surface area contributed by atoms with Crippen LogP contribution in [0.15, 0.2) is 40.2 Å². The Morgan fingerprint density at radius 2 is 2.47 bits per heavy atom. The van der Waals surface area contributed by atoms with E-state index in [-0.39, 0.29) is 5.70 Å². The quantitative estimate of drug-likeness (QED) is 0.578. The monoisotopic (exact) mass is 207 g/mol. The summed E-state index contributed by atoms with van der Waals surface area (Å²) in [7, 11) is 0. The molecule has 1 rings (SSSR count). The molecular weight excluding hydrogens is 197 g/mol. The molecule has 5 nitrogen and oxygen atoms in total. The molecule has 0 aromatic heterocycles. The summed E-state index contributed by atoms with van der Waals surface area (Å²) in [6.07, 6.45) is 3.97. The molecule has 0 aromatic rings. The van der Waals surface area contributed by atoms with Crippen LogP contribution in [0.2, 0.25) is 0 Å². The number of aliphatic imine (C=N–C) groups is 1. The van der Waals surface area contributed by atoms with Gasteiger partial charge in [0.25, 0.3) is 0 Å². The highest BCUT2D eigenvalue weighted by atomic mass is 19.1. The topological polar surface area (TPSA) is 86.2 Å². The third-order valence-electron chi connectivity index (χ3n) is 1.54. The van der Waals surface area contributed by atoms with E-state index in [1.807, 2.05) is 6.07 Å². The molecule has 1 aliphatic heterocycles. The predicted octanol–water partition coefficient (Wildman–Crippen LogP) is 0.574. The first-order valence-electron chi connectivity index (χ1n) is 4.13. The van der Waals surface area contributed by atoms with Gasteiger partial charge in [0.15, 0.2) is 5.83 Å². The average molecular weight is 207 g/mol. The largest absolute Gasteiger partial charge is 0.400 e. The van der Waals surface area contributed by atoms with Crippen molar-refractivity contribution in [2.75, 3.05) is 0 Å². The summed E-state index contributed by atoms with van der Waals surface area (Å²) < 4.78 is 12.9. The van der Waals surface area contributed by atoms with Gasteiger partial charge in [0.2, 0.25) is 0 Å². The zero-order chi connectivity index (χ0) is 11.3. The second-order valence-electron chi connectivity index (χ2n) is 2.80. The van der Waals surface area contributed by atoms with Gasteiger partial charge in [0.05, 0.1) is 11.9 Å². The first-order chi connectivity index (χ1) is 7.13. The molecule has 0 bridgehead atoms. The highest BCUT2D eigenvalue weighted by molar-refractivity contribution is 5.77. The van der Waals surface area contributed by atoms with Crippen LogP contribution in [-0.4, -0.2) is 6.21 Å². The van der Waals surface area contributed by atoms with Gasteiger partial charge in [-0.05, 0) is 6.92 Å². The van der Waals surface area contributed by atoms with E-state index in [9.17, 15) is 4.39 Å². The summed E-state index contributed by atoms with van der Waals surface area (Å²) in [6.45, 7) is 1.44. The van der Waals surface area contributed by atoms with Gasteiger partial charge in [0, 0.05) is 18.0 Å². The summed E-state index contributed by atoms with van der Waals surface area (Å²) in [4.78, 5) is 3.80. The third-order valence-corrected chi connectivity index (χ3v) is 1.54. The van der Waals surface area contributed by atoms with Crippen molar-refractivity contribution >= 4 is 6.21 Å². The summed E-state index contributed by atoms with van der Waals surface area (Å²) in [5.41, 5.74) is 11.2. The van der Waals surface area contributed by atoms with E-state index in [0.29, 0.717) is 11.4 Å². The van der Waals surface area contributed by atoms with Gasteiger partial charge >= 0.3 is 0 Å². The van der Waals surface area contributed by atoms with Crippen LogP contribution in [0.5, 0.6) is 0 Å². The molecule has 0 atom stereocenters. The van der Waals surface area contributed by atoms with Gasteiger partial charge in [-0.1, -0.05) is 0 Å². The number of rotatable bonds is 2. The summed E-state index contributed by atoms with van der Waals surface area (Å²) in [5.74, 6) is -0.596. The molecule has 4 N–H and O–H groups in total. The van der Waals surface area contributed by atoms with E-state index in [0.717, 1.165) is 6.21 Å².